The minimum Gasteiger partial charge on any atom is -0.496 e. The molecule has 1 aliphatic rings. The molecule has 0 aliphatic carbocycles. The van der Waals surface area contributed by atoms with E-state index in [0.29, 0.717) is 5.75 Å². The van der Waals surface area contributed by atoms with Crippen LogP contribution in [0.2, 0.25) is 0 Å². The van der Waals surface area contributed by atoms with Crippen LogP contribution in [0.1, 0.15) is 18.4 Å². The Balaban J connectivity index is 2.17. The number of ether oxygens (including phenoxy) is 3. The summed E-state index contributed by atoms with van der Waals surface area (Å²) in [7, 11) is 4.92. The van der Waals surface area contributed by atoms with Crippen molar-refractivity contribution in [1.29, 1.82) is 0 Å². The summed E-state index contributed by atoms with van der Waals surface area (Å²) in [5.74, 6) is 2.22. The van der Waals surface area contributed by atoms with Gasteiger partial charge in [0.05, 0.1) is 46.1 Å². The third-order valence-electron chi connectivity index (χ3n) is 3.89. The fourth-order valence-corrected chi connectivity index (χ4v) is 2.69. The van der Waals surface area contributed by atoms with E-state index in [9.17, 15) is 5.11 Å². The van der Waals surface area contributed by atoms with Crippen molar-refractivity contribution in [2.75, 3.05) is 34.4 Å². The minimum atomic E-state index is -0.133. The lowest BCUT2D eigenvalue weighted by molar-refractivity contribution is -0.919. The van der Waals surface area contributed by atoms with Gasteiger partial charge >= 0.3 is 0 Å². The molecule has 1 aromatic carbocycles. The molecule has 0 radical (unpaired) electrons. The first-order valence-corrected chi connectivity index (χ1v) is 6.98. The third-order valence-corrected chi connectivity index (χ3v) is 3.89. The van der Waals surface area contributed by atoms with Crippen LogP contribution >= 0.6 is 0 Å². The Kier molecular flexibility index (Phi) is 5.09. The Morgan fingerprint density at radius 2 is 1.55 bits per heavy atom. The molecule has 1 fully saturated rings. The van der Waals surface area contributed by atoms with E-state index >= 15 is 0 Å². The number of quaternary nitrogens is 1. The van der Waals surface area contributed by atoms with Gasteiger partial charge in [0.15, 0.2) is 11.5 Å². The molecule has 5 nitrogen and oxygen atoms in total. The summed E-state index contributed by atoms with van der Waals surface area (Å²) in [6, 6.07) is 3.85. The molecular formula is C15H24NO4+. The lowest BCUT2D eigenvalue weighted by Crippen LogP contribution is -3.12. The van der Waals surface area contributed by atoms with Gasteiger partial charge in [-0.15, -0.1) is 0 Å². The summed E-state index contributed by atoms with van der Waals surface area (Å²) in [6.07, 6.45) is 1.60. The average molecular weight is 282 g/mol. The van der Waals surface area contributed by atoms with Crippen LogP contribution in [0.5, 0.6) is 17.2 Å². The van der Waals surface area contributed by atoms with E-state index in [-0.39, 0.29) is 6.10 Å². The number of benzene rings is 1. The van der Waals surface area contributed by atoms with Crippen LogP contribution in [0.3, 0.4) is 0 Å². The summed E-state index contributed by atoms with van der Waals surface area (Å²) < 4.78 is 16.1. The number of aliphatic hydroxyl groups is 1. The average Bonchev–Trinajstić information content (AvgIpc) is 2.49. The number of hydrogen-bond donors (Lipinski definition) is 2. The highest BCUT2D eigenvalue weighted by molar-refractivity contribution is 5.50. The van der Waals surface area contributed by atoms with E-state index < -0.39 is 0 Å². The second kappa shape index (κ2) is 6.81. The molecule has 0 saturated carbocycles. The Labute approximate surface area is 120 Å². The third kappa shape index (κ3) is 3.35. The molecule has 1 aliphatic heterocycles. The summed E-state index contributed by atoms with van der Waals surface area (Å²) in [6.45, 7) is 2.84. The van der Waals surface area contributed by atoms with Crippen molar-refractivity contribution in [2.45, 2.75) is 25.5 Å². The van der Waals surface area contributed by atoms with Gasteiger partial charge in [-0.3, -0.25) is 0 Å². The van der Waals surface area contributed by atoms with Gasteiger partial charge in [-0.25, -0.2) is 0 Å². The van der Waals surface area contributed by atoms with Crippen LogP contribution < -0.4 is 19.1 Å². The van der Waals surface area contributed by atoms with Crippen molar-refractivity contribution in [3.8, 4) is 17.2 Å². The summed E-state index contributed by atoms with van der Waals surface area (Å²) >= 11 is 0. The zero-order valence-corrected chi connectivity index (χ0v) is 12.4. The van der Waals surface area contributed by atoms with Crippen molar-refractivity contribution >= 4 is 0 Å². The van der Waals surface area contributed by atoms with Crippen LogP contribution in [0.15, 0.2) is 12.1 Å². The SMILES string of the molecule is COc1cc(OC)c(OC)cc1C[NH+]1CCC(O)CC1. The predicted octanol–water partition coefficient (Wildman–Crippen LogP) is 0.252. The van der Waals surface area contributed by atoms with E-state index in [2.05, 4.69) is 0 Å². The van der Waals surface area contributed by atoms with Gasteiger partial charge in [0.2, 0.25) is 0 Å². The zero-order valence-electron chi connectivity index (χ0n) is 12.4. The van der Waals surface area contributed by atoms with Crippen molar-refractivity contribution in [1.82, 2.24) is 0 Å². The number of nitrogens with one attached hydrogen (secondary N) is 1. The topological polar surface area (TPSA) is 52.4 Å². The van der Waals surface area contributed by atoms with Crippen molar-refractivity contribution in [3.05, 3.63) is 17.7 Å². The highest BCUT2D eigenvalue weighted by Gasteiger charge is 2.22. The smallest absolute Gasteiger partial charge is 0.164 e. The molecule has 0 aromatic heterocycles. The highest BCUT2D eigenvalue weighted by Crippen LogP contribution is 2.34. The van der Waals surface area contributed by atoms with Crippen molar-refractivity contribution in [3.63, 3.8) is 0 Å². The molecule has 2 N–H and O–H groups in total. The number of rotatable bonds is 5. The summed E-state index contributed by atoms with van der Waals surface area (Å²) in [5.41, 5.74) is 1.11. The van der Waals surface area contributed by atoms with E-state index in [1.165, 1.54) is 4.90 Å². The Morgan fingerprint density at radius 3 is 2.10 bits per heavy atom. The first-order valence-electron chi connectivity index (χ1n) is 6.98. The lowest BCUT2D eigenvalue weighted by atomic mass is 10.1. The Hall–Kier alpha value is -1.46. The maximum atomic E-state index is 9.57. The maximum Gasteiger partial charge on any atom is 0.164 e. The second-order valence-electron chi connectivity index (χ2n) is 5.18. The van der Waals surface area contributed by atoms with Gasteiger partial charge < -0.3 is 24.2 Å². The van der Waals surface area contributed by atoms with Gasteiger partial charge in [0.25, 0.3) is 0 Å². The molecule has 5 heteroatoms. The molecule has 2 rings (SSSR count). The molecule has 0 spiro atoms. The molecule has 112 valence electrons. The van der Waals surface area contributed by atoms with Crippen LogP contribution in [-0.2, 0) is 6.54 Å². The van der Waals surface area contributed by atoms with Crippen LogP contribution in [0.4, 0.5) is 0 Å². The number of aliphatic hydroxyl groups excluding tert-OH is 1. The van der Waals surface area contributed by atoms with Gasteiger partial charge in [-0.2, -0.15) is 0 Å². The van der Waals surface area contributed by atoms with Crippen molar-refractivity contribution in [2.24, 2.45) is 0 Å². The Morgan fingerprint density at radius 1 is 1.00 bits per heavy atom. The van der Waals surface area contributed by atoms with E-state index in [1.54, 1.807) is 21.3 Å². The largest absolute Gasteiger partial charge is 0.496 e. The normalized spacial score (nSPS) is 22.4. The quantitative estimate of drug-likeness (QED) is 0.813. The summed E-state index contributed by atoms with van der Waals surface area (Å²) in [4.78, 5) is 1.46. The monoisotopic (exact) mass is 282 g/mol. The highest BCUT2D eigenvalue weighted by atomic mass is 16.5. The van der Waals surface area contributed by atoms with Gasteiger partial charge in [-0.05, 0) is 6.07 Å². The zero-order chi connectivity index (χ0) is 14.5. The van der Waals surface area contributed by atoms with Crippen LogP contribution in [0, 0.1) is 0 Å². The first-order chi connectivity index (χ1) is 9.67. The van der Waals surface area contributed by atoms with E-state index in [0.717, 1.165) is 49.5 Å². The second-order valence-corrected chi connectivity index (χ2v) is 5.18. The van der Waals surface area contributed by atoms with Gasteiger partial charge in [0.1, 0.15) is 12.3 Å². The Bertz CT molecular complexity index is 442. The maximum absolute atomic E-state index is 9.57. The molecule has 20 heavy (non-hydrogen) atoms. The minimum absolute atomic E-state index is 0.133. The van der Waals surface area contributed by atoms with Gasteiger partial charge in [0, 0.05) is 18.9 Å². The molecule has 1 aromatic rings. The molecule has 0 unspecified atom stereocenters. The van der Waals surface area contributed by atoms with E-state index in [1.807, 2.05) is 12.1 Å². The number of piperidine rings is 1. The molecule has 0 bridgehead atoms. The van der Waals surface area contributed by atoms with Crippen LogP contribution in [0.25, 0.3) is 0 Å². The number of likely N-dealkylation sites (tertiary alicyclic amines) is 1. The standard InChI is InChI=1S/C15H23NO4/c1-18-13-9-15(20-3)14(19-2)8-11(13)10-16-6-4-12(17)5-7-16/h8-9,12,17H,4-7,10H2,1-3H3/p+1. The fraction of sp³-hybridized carbons (Fsp3) is 0.600. The van der Waals surface area contributed by atoms with E-state index in [4.69, 9.17) is 14.2 Å². The van der Waals surface area contributed by atoms with Crippen molar-refractivity contribution < 1.29 is 24.2 Å². The van der Waals surface area contributed by atoms with Crippen LogP contribution in [-0.4, -0.2) is 45.6 Å². The molecule has 1 heterocycles. The molecule has 0 amide bonds. The fourth-order valence-electron chi connectivity index (χ4n) is 2.69. The number of methoxy groups -OCH3 is 3. The summed E-state index contributed by atoms with van der Waals surface area (Å²) in [5, 5.41) is 9.57. The lowest BCUT2D eigenvalue weighted by Gasteiger charge is -2.27. The predicted molar refractivity (Wildman–Crippen MR) is 75.7 cm³/mol. The van der Waals surface area contributed by atoms with Gasteiger partial charge in [-0.1, -0.05) is 0 Å². The molecule has 1 saturated heterocycles. The molecule has 0 atom stereocenters. The molecular weight excluding hydrogens is 258 g/mol. The first kappa shape index (κ1) is 14.9. The number of hydrogen-bond acceptors (Lipinski definition) is 4.